The van der Waals surface area contributed by atoms with E-state index in [9.17, 15) is 9.59 Å². The highest BCUT2D eigenvalue weighted by Crippen LogP contribution is 2.43. The Bertz CT molecular complexity index is 587. The number of hydrogen-bond acceptors (Lipinski definition) is 2. The van der Waals surface area contributed by atoms with Crippen molar-refractivity contribution in [2.24, 2.45) is 0 Å². The lowest BCUT2D eigenvalue weighted by molar-refractivity contribution is -0.141. The van der Waals surface area contributed by atoms with Gasteiger partial charge in [-0.15, -0.1) is 0 Å². The predicted octanol–water partition coefficient (Wildman–Crippen LogP) is 2.73. The van der Waals surface area contributed by atoms with Crippen LogP contribution in [0.5, 0.6) is 0 Å². The van der Waals surface area contributed by atoms with E-state index in [4.69, 9.17) is 5.11 Å². The Kier molecular flexibility index (Phi) is 3.66. The van der Waals surface area contributed by atoms with Crippen molar-refractivity contribution in [2.45, 2.75) is 32.6 Å². The van der Waals surface area contributed by atoms with Crippen LogP contribution in [0.1, 0.15) is 32.8 Å². The average molecular weight is 273 g/mol. The minimum atomic E-state index is -0.974. The van der Waals surface area contributed by atoms with E-state index in [1.807, 2.05) is 44.2 Å². The number of para-hydroxylation sites is 1. The van der Waals surface area contributed by atoms with E-state index in [2.05, 4.69) is 0 Å². The van der Waals surface area contributed by atoms with E-state index in [1.165, 1.54) is 0 Å². The Balaban J connectivity index is 2.46. The van der Waals surface area contributed by atoms with Crippen molar-refractivity contribution in [1.29, 1.82) is 0 Å². The summed E-state index contributed by atoms with van der Waals surface area (Å²) >= 11 is 0. The van der Waals surface area contributed by atoms with Crippen LogP contribution in [-0.2, 0) is 15.0 Å². The molecule has 1 aromatic rings. The first-order valence-electron chi connectivity index (χ1n) is 6.63. The fraction of sp³-hybridized carbons (Fsp3) is 0.375. The number of carbonyl (C=O) groups excluding carboxylic acids is 1. The van der Waals surface area contributed by atoms with E-state index < -0.39 is 11.4 Å². The molecule has 0 fully saturated rings. The minimum absolute atomic E-state index is 0.140. The Morgan fingerprint density at radius 3 is 2.60 bits per heavy atom. The molecule has 1 amide bonds. The van der Waals surface area contributed by atoms with E-state index in [0.717, 1.165) is 16.8 Å². The second-order valence-electron chi connectivity index (χ2n) is 5.62. The summed E-state index contributed by atoms with van der Waals surface area (Å²) in [6.45, 7) is 6.14. The van der Waals surface area contributed by atoms with Crippen molar-refractivity contribution in [1.82, 2.24) is 0 Å². The van der Waals surface area contributed by atoms with Gasteiger partial charge in [-0.3, -0.25) is 9.59 Å². The van der Waals surface area contributed by atoms with Gasteiger partial charge in [-0.1, -0.05) is 29.8 Å². The number of carbonyl (C=O) groups is 2. The average Bonchev–Trinajstić information content (AvgIpc) is 2.57. The minimum Gasteiger partial charge on any atom is -0.481 e. The summed E-state index contributed by atoms with van der Waals surface area (Å²) in [7, 11) is 0. The number of carboxylic acids is 1. The molecule has 1 aromatic carbocycles. The molecule has 2 rings (SSSR count). The maximum atomic E-state index is 12.7. The summed E-state index contributed by atoms with van der Waals surface area (Å²) in [6.07, 6.45) is 1.79. The van der Waals surface area contributed by atoms with Gasteiger partial charge < -0.3 is 10.0 Å². The van der Waals surface area contributed by atoms with Gasteiger partial charge in [-0.05, 0) is 32.4 Å². The molecule has 0 saturated carbocycles. The molecule has 1 aliphatic heterocycles. The van der Waals surface area contributed by atoms with E-state index in [-0.39, 0.29) is 12.3 Å². The van der Waals surface area contributed by atoms with Crippen LogP contribution >= 0.6 is 0 Å². The van der Waals surface area contributed by atoms with Gasteiger partial charge in [0.25, 0.3) is 0 Å². The van der Waals surface area contributed by atoms with Crippen molar-refractivity contribution in [2.75, 3.05) is 11.4 Å². The van der Waals surface area contributed by atoms with Crippen LogP contribution in [-0.4, -0.2) is 23.5 Å². The van der Waals surface area contributed by atoms with Gasteiger partial charge in [0.1, 0.15) is 0 Å². The van der Waals surface area contributed by atoms with Crippen LogP contribution in [0.3, 0.4) is 0 Å². The fourth-order valence-electron chi connectivity index (χ4n) is 2.63. The molecule has 0 radical (unpaired) electrons. The van der Waals surface area contributed by atoms with Crippen LogP contribution in [0.2, 0.25) is 0 Å². The largest absolute Gasteiger partial charge is 0.481 e. The molecule has 1 N–H and O–H groups in total. The molecule has 106 valence electrons. The van der Waals surface area contributed by atoms with Gasteiger partial charge in [-0.2, -0.15) is 0 Å². The van der Waals surface area contributed by atoms with Gasteiger partial charge in [0.05, 0.1) is 11.8 Å². The molecule has 0 aromatic heterocycles. The number of rotatable bonds is 4. The lowest BCUT2D eigenvalue weighted by Crippen LogP contribution is -2.39. The predicted molar refractivity (Wildman–Crippen MR) is 77.8 cm³/mol. The molecular formula is C16H19NO3. The Morgan fingerprint density at radius 1 is 1.35 bits per heavy atom. The molecule has 0 bridgehead atoms. The normalized spacial score (nSPS) is 20.8. The molecule has 1 atom stereocenters. The molecule has 4 nitrogen and oxygen atoms in total. The molecule has 1 heterocycles. The number of aliphatic carboxylic acids is 1. The number of benzene rings is 1. The number of anilines is 1. The number of carboxylic acid groups (broad SMARTS) is 1. The van der Waals surface area contributed by atoms with Crippen molar-refractivity contribution in [3.05, 3.63) is 41.5 Å². The van der Waals surface area contributed by atoms with Crippen molar-refractivity contribution < 1.29 is 14.7 Å². The first-order valence-corrected chi connectivity index (χ1v) is 6.63. The lowest BCUT2D eigenvalue weighted by Gasteiger charge is -2.22. The summed E-state index contributed by atoms with van der Waals surface area (Å²) in [5, 5.41) is 9.10. The Morgan fingerprint density at radius 2 is 2.00 bits per heavy atom. The second-order valence-corrected chi connectivity index (χ2v) is 5.62. The van der Waals surface area contributed by atoms with E-state index >= 15 is 0 Å². The fourth-order valence-corrected chi connectivity index (χ4v) is 2.63. The molecule has 1 unspecified atom stereocenters. The van der Waals surface area contributed by atoms with Crippen LogP contribution in [0, 0.1) is 0 Å². The van der Waals surface area contributed by atoms with Crippen LogP contribution < -0.4 is 4.90 Å². The zero-order chi connectivity index (χ0) is 14.9. The smallest absolute Gasteiger partial charge is 0.304 e. The zero-order valence-corrected chi connectivity index (χ0v) is 12.0. The molecule has 20 heavy (non-hydrogen) atoms. The number of fused-ring (bicyclic) bond motifs is 1. The third kappa shape index (κ3) is 2.33. The van der Waals surface area contributed by atoms with Crippen molar-refractivity contribution >= 4 is 17.6 Å². The molecular weight excluding hydrogens is 254 g/mol. The summed E-state index contributed by atoms with van der Waals surface area (Å²) in [5.41, 5.74) is 1.77. The number of allylic oxidation sites excluding steroid dienone is 1. The van der Waals surface area contributed by atoms with Crippen molar-refractivity contribution in [3.63, 3.8) is 0 Å². The molecule has 0 aliphatic carbocycles. The van der Waals surface area contributed by atoms with Gasteiger partial charge in [0, 0.05) is 12.2 Å². The van der Waals surface area contributed by atoms with Gasteiger partial charge in [0.2, 0.25) is 5.91 Å². The van der Waals surface area contributed by atoms with Gasteiger partial charge in [-0.25, -0.2) is 0 Å². The van der Waals surface area contributed by atoms with Crippen LogP contribution in [0.15, 0.2) is 35.9 Å². The molecule has 0 spiro atoms. The highest BCUT2D eigenvalue weighted by Gasteiger charge is 2.48. The maximum absolute atomic E-state index is 12.7. The topological polar surface area (TPSA) is 57.6 Å². The van der Waals surface area contributed by atoms with Crippen LogP contribution in [0.4, 0.5) is 5.69 Å². The monoisotopic (exact) mass is 273 g/mol. The standard InChI is InChI=1S/C16H19NO3/c1-11(2)8-9-17-13-7-5-4-6-12(13)16(3,15(17)20)10-14(18)19/h4-8H,9-10H2,1-3H3,(H,18,19). The quantitative estimate of drug-likeness (QED) is 0.858. The SMILES string of the molecule is CC(C)=CCN1C(=O)C(C)(CC(=O)O)c2ccccc21. The lowest BCUT2D eigenvalue weighted by atomic mass is 9.81. The molecule has 0 saturated heterocycles. The van der Waals surface area contributed by atoms with Crippen LogP contribution in [0.25, 0.3) is 0 Å². The molecule has 4 heteroatoms. The zero-order valence-electron chi connectivity index (χ0n) is 12.0. The maximum Gasteiger partial charge on any atom is 0.304 e. The Labute approximate surface area is 118 Å². The number of nitrogens with zero attached hydrogens (tertiary/aromatic N) is 1. The first-order chi connectivity index (χ1) is 9.36. The van der Waals surface area contributed by atoms with Gasteiger partial charge >= 0.3 is 5.97 Å². The summed E-state index contributed by atoms with van der Waals surface area (Å²) < 4.78 is 0. The summed E-state index contributed by atoms with van der Waals surface area (Å²) in [6, 6.07) is 7.43. The second kappa shape index (κ2) is 5.12. The highest BCUT2D eigenvalue weighted by atomic mass is 16.4. The van der Waals surface area contributed by atoms with Gasteiger partial charge in [0.15, 0.2) is 0 Å². The van der Waals surface area contributed by atoms with E-state index in [1.54, 1.807) is 11.8 Å². The third-order valence-corrected chi connectivity index (χ3v) is 3.69. The number of hydrogen-bond donors (Lipinski definition) is 1. The summed E-state index contributed by atoms with van der Waals surface area (Å²) in [5.74, 6) is -1.10. The summed E-state index contributed by atoms with van der Waals surface area (Å²) in [4.78, 5) is 25.4. The number of amides is 1. The highest BCUT2D eigenvalue weighted by molar-refractivity contribution is 6.09. The van der Waals surface area contributed by atoms with Crippen molar-refractivity contribution in [3.8, 4) is 0 Å². The molecule has 1 aliphatic rings. The Hall–Kier alpha value is -2.10. The van der Waals surface area contributed by atoms with E-state index in [0.29, 0.717) is 6.54 Å². The third-order valence-electron chi connectivity index (χ3n) is 3.69. The first kappa shape index (κ1) is 14.3.